The monoisotopic (exact) mass is 557 g/mol. The van der Waals surface area contributed by atoms with E-state index >= 15 is 0 Å². The zero-order chi connectivity index (χ0) is 28.2. The van der Waals surface area contributed by atoms with Crippen LogP contribution in [0.5, 0.6) is 0 Å². The summed E-state index contributed by atoms with van der Waals surface area (Å²) in [7, 11) is 0. The standard InChI is InChI=1S/C33H24ClN5O2/c34-28-13-15-32(39-21-36-37-38-39)30(19-28)27-12-14-31(35-20-27)29(16-22-6-2-1-3-7-22)25-10-4-8-23(17-25)24-9-5-11-26(18-24)33(40)41/h1-15,17-21,29H,16H2,(H,40,41). The summed E-state index contributed by atoms with van der Waals surface area (Å²) in [6.45, 7) is 0. The number of tetrazole rings is 1. The molecule has 7 nitrogen and oxygen atoms in total. The van der Waals surface area contributed by atoms with Gasteiger partial charge in [0.15, 0.2) is 0 Å². The van der Waals surface area contributed by atoms with Crippen LogP contribution in [-0.4, -0.2) is 36.3 Å². The molecule has 1 unspecified atom stereocenters. The van der Waals surface area contributed by atoms with Gasteiger partial charge in [-0.25, -0.2) is 4.79 Å². The topological polar surface area (TPSA) is 93.8 Å². The van der Waals surface area contributed by atoms with Gasteiger partial charge in [0.25, 0.3) is 0 Å². The average Bonchev–Trinajstić information content (AvgIpc) is 3.56. The number of carboxylic acids is 1. The van der Waals surface area contributed by atoms with E-state index in [9.17, 15) is 9.90 Å². The third kappa shape index (κ3) is 5.76. The molecule has 2 aromatic heterocycles. The van der Waals surface area contributed by atoms with E-state index in [4.69, 9.17) is 16.6 Å². The van der Waals surface area contributed by atoms with E-state index in [-0.39, 0.29) is 11.5 Å². The number of nitrogens with zero attached hydrogens (tertiary/aromatic N) is 5. The fourth-order valence-corrected chi connectivity index (χ4v) is 5.16. The second-order valence-corrected chi connectivity index (χ2v) is 10.1. The third-order valence-corrected chi connectivity index (χ3v) is 7.26. The Hall–Kier alpha value is -5.14. The molecule has 0 aliphatic heterocycles. The molecule has 1 atom stereocenters. The highest BCUT2D eigenvalue weighted by atomic mass is 35.5. The molecule has 41 heavy (non-hydrogen) atoms. The van der Waals surface area contributed by atoms with Gasteiger partial charge in [-0.05, 0) is 75.5 Å². The van der Waals surface area contributed by atoms with Gasteiger partial charge in [0.2, 0.25) is 0 Å². The predicted molar refractivity (Wildman–Crippen MR) is 158 cm³/mol. The molecule has 0 aliphatic rings. The van der Waals surface area contributed by atoms with E-state index in [1.165, 1.54) is 5.56 Å². The zero-order valence-corrected chi connectivity index (χ0v) is 22.6. The Kier molecular flexibility index (Phi) is 7.34. The highest BCUT2D eigenvalue weighted by molar-refractivity contribution is 6.31. The van der Waals surface area contributed by atoms with Gasteiger partial charge in [-0.1, -0.05) is 84.4 Å². The van der Waals surface area contributed by atoms with E-state index in [1.807, 2.05) is 66.9 Å². The lowest BCUT2D eigenvalue weighted by Gasteiger charge is -2.19. The summed E-state index contributed by atoms with van der Waals surface area (Å²) in [5, 5.41) is 21.6. The largest absolute Gasteiger partial charge is 0.478 e. The number of carboxylic acid groups (broad SMARTS) is 1. The van der Waals surface area contributed by atoms with E-state index in [2.05, 4.69) is 39.8 Å². The van der Waals surface area contributed by atoms with Gasteiger partial charge in [0.1, 0.15) is 6.33 Å². The minimum Gasteiger partial charge on any atom is -0.478 e. The lowest BCUT2D eigenvalue weighted by Crippen LogP contribution is -2.08. The molecule has 0 saturated heterocycles. The summed E-state index contributed by atoms with van der Waals surface area (Å²) in [6.07, 6.45) is 4.15. The van der Waals surface area contributed by atoms with Gasteiger partial charge in [0, 0.05) is 34.0 Å². The Morgan fingerprint density at radius 3 is 2.37 bits per heavy atom. The quantitative estimate of drug-likeness (QED) is 0.214. The smallest absolute Gasteiger partial charge is 0.335 e. The lowest BCUT2D eigenvalue weighted by molar-refractivity contribution is 0.0697. The summed E-state index contributed by atoms with van der Waals surface area (Å²) in [4.78, 5) is 16.5. The molecule has 6 aromatic rings. The zero-order valence-electron chi connectivity index (χ0n) is 21.8. The summed E-state index contributed by atoms with van der Waals surface area (Å²) in [5.74, 6) is -0.982. The Labute approximate surface area is 241 Å². The number of hydrogen-bond acceptors (Lipinski definition) is 5. The fraction of sp³-hybridized carbons (Fsp3) is 0.0606. The van der Waals surface area contributed by atoms with Gasteiger partial charge in [0.05, 0.1) is 11.3 Å². The minimum absolute atomic E-state index is 0.0348. The van der Waals surface area contributed by atoms with E-state index in [0.717, 1.165) is 45.6 Å². The lowest BCUT2D eigenvalue weighted by atomic mass is 9.87. The normalized spacial score (nSPS) is 11.7. The Balaban J connectivity index is 1.40. The molecule has 4 aromatic carbocycles. The first-order valence-corrected chi connectivity index (χ1v) is 13.4. The molecule has 0 bridgehead atoms. The van der Waals surface area contributed by atoms with Crippen LogP contribution in [0.2, 0.25) is 5.02 Å². The van der Waals surface area contributed by atoms with Crippen LogP contribution >= 0.6 is 11.6 Å². The summed E-state index contributed by atoms with van der Waals surface area (Å²) in [6, 6.07) is 35.2. The fourth-order valence-electron chi connectivity index (χ4n) is 4.99. The molecular weight excluding hydrogens is 534 g/mol. The molecule has 0 radical (unpaired) electrons. The maximum absolute atomic E-state index is 11.6. The summed E-state index contributed by atoms with van der Waals surface area (Å²) < 4.78 is 1.60. The van der Waals surface area contributed by atoms with Crippen LogP contribution in [0.4, 0.5) is 0 Å². The van der Waals surface area contributed by atoms with Gasteiger partial charge >= 0.3 is 5.97 Å². The van der Waals surface area contributed by atoms with Crippen LogP contribution in [0.25, 0.3) is 27.9 Å². The molecule has 200 valence electrons. The Morgan fingerprint density at radius 2 is 1.63 bits per heavy atom. The van der Waals surface area contributed by atoms with Gasteiger partial charge in [-0.3, -0.25) is 4.98 Å². The SMILES string of the molecule is O=C(O)c1cccc(-c2cccc(C(Cc3ccccc3)c3ccc(-c4cc(Cl)ccc4-n4cnnn4)cn3)c2)c1. The summed E-state index contributed by atoms with van der Waals surface area (Å²) in [5.41, 5.74) is 7.80. The van der Waals surface area contributed by atoms with Crippen molar-refractivity contribution < 1.29 is 9.90 Å². The number of rotatable bonds is 8. The maximum Gasteiger partial charge on any atom is 0.335 e. The van der Waals surface area contributed by atoms with Crippen LogP contribution in [0.15, 0.2) is 122 Å². The first kappa shape index (κ1) is 26.1. The van der Waals surface area contributed by atoms with E-state index < -0.39 is 5.97 Å². The molecule has 0 aliphatic carbocycles. The van der Waals surface area contributed by atoms with Crippen molar-refractivity contribution in [2.75, 3.05) is 0 Å². The van der Waals surface area contributed by atoms with Crippen molar-refractivity contribution in [2.24, 2.45) is 0 Å². The van der Waals surface area contributed by atoms with Crippen LogP contribution in [0.1, 0.15) is 33.1 Å². The Bertz CT molecular complexity index is 1810. The van der Waals surface area contributed by atoms with Crippen molar-refractivity contribution in [3.05, 3.63) is 149 Å². The van der Waals surface area contributed by atoms with Crippen molar-refractivity contribution in [2.45, 2.75) is 12.3 Å². The average molecular weight is 558 g/mol. The van der Waals surface area contributed by atoms with E-state index in [0.29, 0.717) is 5.02 Å². The third-order valence-electron chi connectivity index (χ3n) is 7.02. The van der Waals surface area contributed by atoms with Crippen LogP contribution in [-0.2, 0) is 6.42 Å². The number of hydrogen-bond donors (Lipinski definition) is 1. The molecule has 0 saturated carbocycles. The highest BCUT2D eigenvalue weighted by Crippen LogP contribution is 2.33. The highest BCUT2D eigenvalue weighted by Gasteiger charge is 2.19. The van der Waals surface area contributed by atoms with Crippen molar-refractivity contribution in [1.29, 1.82) is 0 Å². The second kappa shape index (κ2) is 11.5. The number of carbonyl (C=O) groups is 1. The van der Waals surface area contributed by atoms with Gasteiger partial charge < -0.3 is 5.11 Å². The number of pyridine rings is 1. The molecule has 0 fully saturated rings. The first-order chi connectivity index (χ1) is 20.0. The van der Waals surface area contributed by atoms with Crippen LogP contribution < -0.4 is 0 Å². The van der Waals surface area contributed by atoms with Crippen molar-refractivity contribution in [3.63, 3.8) is 0 Å². The molecule has 0 spiro atoms. The predicted octanol–water partition coefficient (Wildman–Crippen LogP) is 7.12. The maximum atomic E-state index is 11.6. The summed E-state index contributed by atoms with van der Waals surface area (Å²) >= 11 is 6.36. The number of halogens is 1. The molecule has 2 heterocycles. The van der Waals surface area contributed by atoms with Crippen LogP contribution in [0.3, 0.4) is 0 Å². The number of aromatic nitrogens is 5. The molecule has 8 heteroatoms. The van der Waals surface area contributed by atoms with Gasteiger partial charge in [-0.2, -0.15) is 4.68 Å². The minimum atomic E-state index is -0.947. The van der Waals surface area contributed by atoms with Crippen LogP contribution in [0, 0.1) is 0 Å². The number of aromatic carboxylic acids is 1. The molecule has 1 N–H and O–H groups in total. The Morgan fingerprint density at radius 1 is 0.829 bits per heavy atom. The second-order valence-electron chi connectivity index (χ2n) is 9.64. The molecule has 6 rings (SSSR count). The molecular formula is C33H24ClN5O2. The first-order valence-electron chi connectivity index (χ1n) is 13.0. The van der Waals surface area contributed by atoms with Gasteiger partial charge in [-0.15, -0.1) is 5.10 Å². The van der Waals surface area contributed by atoms with Crippen molar-refractivity contribution >= 4 is 17.6 Å². The van der Waals surface area contributed by atoms with Crippen molar-refractivity contribution in [3.8, 4) is 27.9 Å². The van der Waals surface area contributed by atoms with Crippen molar-refractivity contribution in [1.82, 2.24) is 25.2 Å². The van der Waals surface area contributed by atoms with E-state index in [1.54, 1.807) is 35.3 Å². The molecule has 0 amide bonds. The number of benzene rings is 4.